The maximum Gasteiger partial charge on any atom is 1.00 e. The first-order valence-electron chi connectivity index (χ1n) is 5.97. The summed E-state index contributed by atoms with van der Waals surface area (Å²) in [7, 11) is -9.32. The first kappa shape index (κ1) is 27.2. The minimum atomic E-state index is -4.66. The van der Waals surface area contributed by atoms with Crippen LogP contribution >= 0.6 is 0 Å². The summed E-state index contributed by atoms with van der Waals surface area (Å²) in [5, 5.41) is 0. The fraction of sp³-hybridized carbons (Fsp3) is 0. The van der Waals surface area contributed by atoms with Gasteiger partial charge in [0.15, 0.2) is 0 Å². The van der Waals surface area contributed by atoms with E-state index in [-0.39, 0.29) is 75.7 Å². The van der Waals surface area contributed by atoms with Gasteiger partial charge in [-0.15, -0.1) is 0 Å². The smallest absolute Gasteiger partial charge is 0.744 e. The van der Waals surface area contributed by atoms with Crippen LogP contribution in [0.5, 0.6) is 0 Å². The van der Waals surface area contributed by atoms with Gasteiger partial charge in [0.1, 0.15) is 20.2 Å². The molecule has 0 spiro atoms. The van der Waals surface area contributed by atoms with Crippen molar-refractivity contribution < 1.29 is 90.5 Å². The zero-order valence-electron chi connectivity index (χ0n) is 13.5. The van der Waals surface area contributed by atoms with E-state index in [2.05, 4.69) is 0 Å². The van der Waals surface area contributed by atoms with Crippen LogP contribution in [0.4, 0.5) is 0 Å². The van der Waals surface area contributed by atoms with Gasteiger partial charge in [-0.1, -0.05) is 48.6 Å². The van der Waals surface area contributed by atoms with Gasteiger partial charge in [0.2, 0.25) is 0 Å². The van der Waals surface area contributed by atoms with E-state index < -0.39 is 30.0 Å². The second-order valence-corrected chi connectivity index (χ2v) is 7.01. The van der Waals surface area contributed by atoms with Crippen LogP contribution in [0.3, 0.4) is 0 Å². The van der Waals surface area contributed by atoms with Gasteiger partial charge < -0.3 is 14.6 Å². The molecule has 124 valence electrons. The molecular weight excluding hydrogens is 390 g/mol. The van der Waals surface area contributed by atoms with E-state index in [0.29, 0.717) is 0 Å². The van der Waals surface area contributed by atoms with Crippen LogP contribution in [0.2, 0.25) is 0 Å². The van der Waals surface area contributed by atoms with Crippen molar-refractivity contribution in [2.45, 2.75) is 9.79 Å². The Kier molecular flexibility index (Phi) is 11.9. The van der Waals surface area contributed by atoms with Gasteiger partial charge in [-0.05, 0) is 23.3 Å². The van der Waals surface area contributed by atoms with Gasteiger partial charge in [-0.3, -0.25) is 0 Å². The summed E-state index contributed by atoms with van der Waals surface area (Å²) in [5.74, 6) is 0. The van der Waals surface area contributed by atoms with Crippen LogP contribution in [0.1, 0.15) is 11.1 Å². The molecule has 7 nitrogen and oxygen atoms in total. The first-order chi connectivity index (χ1) is 10.2. The number of benzene rings is 2. The number of hydrogen-bond donors (Lipinski definition) is 0. The van der Waals surface area contributed by atoms with Crippen LogP contribution in [-0.2, 0) is 20.2 Å². The molecule has 0 fully saturated rings. The summed E-state index contributed by atoms with van der Waals surface area (Å²) in [6.07, 6.45) is 2.55. The van der Waals surface area contributed by atoms with Crippen molar-refractivity contribution >= 4 is 32.4 Å². The monoisotopic (exact) mass is 402 g/mol. The summed E-state index contributed by atoms with van der Waals surface area (Å²) in [6, 6.07) is 11.0. The molecule has 2 N–H and O–H groups in total. The Labute approximate surface area is 190 Å². The molecule has 2 aromatic carbocycles. The maximum atomic E-state index is 11.2. The van der Waals surface area contributed by atoms with E-state index >= 15 is 0 Å². The fourth-order valence-corrected chi connectivity index (χ4v) is 3.21. The van der Waals surface area contributed by atoms with Crippen molar-refractivity contribution in [1.82, 2.24) is 0 Å². The van der Waals surface area contributed by atoms with Gasteiger partial charge in [0.05, 0.1) is 9.79 Å². The van der Waals surface area contributed by atoms with Crippen molar-refractivity contribution in [3.63, 3.8) is 0 Å². The van der Waals surface area contributed by atoms with E-state index in [0.717, 1.165) is 12.1 Å². The number of hydrogen-bond acceptors (Lipinski definition) is 6. The third kappa shape index (κ3) is 7.61. The molecule has 25 heavy (non-hydrogen) atoms. The summed E-state index contributed by atoms with van der Waals surface area (Å²) in [6.45, 7) is 0. The van der Waals surface area contributed by atoms with Crippen molar-refractivity contribution in [3.8, 4) is 0 Å². The van der Waals surface area contributed by atoms with E-state index in [1.807, 2.05) is 0 Å². The van der Waals surface area contributed by atoms with E-state index in [1.165, 1.54) is 48.6 Å². The molecule has 0 saturated heterocycles. The average molecular weight is 402 g/mol. The summed E-state index contributed by atoms with van der Waals surface area (Å²) in [4.78, 5) is -0.845. The molecule has 0 unspecified atom stereocenters. The molecule has 0 radical (unpaired) electrons. The molecule has 0 saturated carbocycles. The van der Waals surface area contributed by atoms with E-state index in [9.17, 15) is 25.9 Å². The van der Waals surface area contributed by atoms with Crippen molar-refractivity contribution in [2.75, 3.05) is 0 Å². The van der Waals surface area contributed by atoms with Crippen LogP contribution < -0.4 is 59.1 Å². The largest absolute Gasteiger partial charge is 1.00 e. The third-order valence-electron chi connectivity index (χ3n) is 2.82. The molecule has 2 aromatic rings. The average Bonchev–Trinajstić information content (AvgIpc) is 2.44. The Bertz CT molecular complexity index is 862. The first-order valence-corrected chi connectivity index (χ1v) is 8.79. The van der Waals surface area contributed by atoms with Gasteiger partial charge in [0.25, 0.3) is 0 Å². The van der Waals surface area contributed by atoms with Gasteiger partial charge in [-0.2, -0.15) is 0 Å². The van der Waals surface area contributed by atoms with Crippen LogP contribution in [0, 0.1) is 0 Å². The zero-order valence-corrected chi connectivity index (χ0v) is 19.2. The normalized spacial score (nSPS) is 11.1. The molecule has 0 amide bonds. The van der Waals surface area contributed by atoms with Crippen LogP contribution in [0.25, 0.3) is 12.2 Å². The minimum absolute atomic E-state index is 0. The molecule has 0 aliphatic heterocycles. The Morgan fingerprint density at radius 2 is 0.920 bits per heavy atom. The Morgan fingerprint density at radius 1 is 0.640 bits per heavy atom. The Balaban J connectivity index is 0. The molecule has 11 heteroatoms. The van der Waals surface area contributed by atoms with E-state index in [4.69, 9.17) is 0 Å². The van der Waals surface area contributed by atoms with E-state index in [1.54, 1.807) is 0 Å². The molecule has 0 bridgehead atoms. The minimum Gasteiger partial charge on any atom is -0.744 e. The van der Waals surface area contributed by atoms with Gasteiger partial charge in [-0.25, -0.2) is 16.8 Å². The van der Waals surface area contributed by atoms with Crippen LogP contribution in [-0.4, -0.2) is 31.4 Å². The summed E-state index contributed by atoms with van der Waals surface area (Å²) < 4.78 is 66.9. The summed E-state index contributed by atoms with van der Waals surface area (Å²) in [5.41, 5.74) is 0.214. The quantitative estimate of drug-likeness (QED) is 0.284. The maximum absolute atomic E-state index is 11.2. The predicted molar refractivity (Wildman–Crippen MR) is 81.4 cm³/mol. The fourth-order valence-electron chi connectivity index (χ4n) is 1.87. The predicted octanol–water partition coefficient (Wildman–Crippen LogP) is -5.15. The third-order valence-corrected chi connectivity index (χ3v) is 4.64. The van der Waals surface area contributed by atoms with Gasteiger partial charge in [0, 0.05) is 0 Å². The summed E-state index contributed by atoms with van der Waals surface area (Å²) >= 11 is 0. The molecule has 0 aliphatic carbocycles. The molecule has 0 aliphatic rings. The van der Waals surface area contributed by atoms with Gasteiger partial charge >= 0.3 is 59.1 Å². The zero-order chi connectivity index (χ0) is 16.4. The van der Waals surface area contributed by atoms with Crippen LogP contribution in [0.15, 0.2) is 58.3 Å². The van der Waals surface area contributed by atoms with Crippen molar-refractivity contribution in [3.05, 3.63) is 59.7 Å². The standard InChI is InChI=1S/C14H12O6S2.2Na.H2O/c15-21(16,17)13-7-3-1-5-11(13)9-10-12-6-2-4-8-14(12)22(18,19)20;;;/h1-10H,(H,15,16,17)(H,18,19,20);;;1H2/q;2*+1;/p-2. The molecular formula is C14H12Na2O7S2. The topological polar surface area (TPSA) is 146 Å². The SMILES string of the molecule is O.O=S(=O)([O-])c1ccccc1C=Cc1ccccc1S(=O)(=O)[O-].[Na+].[Na+]. The molecule has 2 rings (SSSR count). The van der Waals surface area contributed by atoms with Crippen molar-refractivity contribution in [2.24, 2.45) is 0 Å². The Morgan fingerprint density at radius 3 is 1.20 bits per heavy atom. The molecule has 0 heterocycles. The Hall–Kier alpha value is -0.0400. The second kappa shape index (κ2) is 11.0. The number of rotatable bonds is 4. The molecule has 0 aromatic heterocycles. The van der Waals surface area contributed by atoms with Crippen molar-refractivity contribution in [1.29, 1.82) is 0 Å². The molecule has 0 atom stereocenters. The second-order valence-electron chi connectivity index (χ2n) is 4.32.